The van der Waals surface area contributed by atoms with E-state index >= 15 is 0 Å². The summed E-state index contributed by atoms with van der Waals surface area (Å²) in [5.41, 5.74) is 7.82. The van der Waals surface area contributed by atoms with Crippen LogP contribution in [0.5, 0.6) is 0 Å². The van der Waals surface area contributed by atoms with Crippen molar-refractivity contribution in [1.29, 1.82) is 0 Å². The molecule has 1 fully saturated rings. The summed E-state index contributed by atoms with van der Waals surface area (Å²) in [4.78, 5) is 0. The SMILES string of the molecule is CCC1(CC)C(N)CC1OCCCc1ccccc1. The molecule has 2 nitrogen and oxygen atoms in total. The zero-order valence-corrected chi connectivity index (χ0v) is 12.3. The second-order valence-corrected chi connectivity index (χ2v) is 5.73. The molecule has 1 aliphatic carbocycles. The molecule has 2 rings (SSSR count). The van der Waals surface area contributed by atoms with Crippen LogP contribution in [0.1, 0.15) is 45.1 Å². The van der Waals surface area contributed by atoms with Crippen molar-refractivity contribution in [1.82, 2.24) is 0 Å². The molecule has 0 bridgehead atoms. The quantitative estimate of drug-likeness (QED) is 0.762. The third-order valence-corrected chi connectivity index (χ3v) is 4.94. The van der Waals surface area contributed by atoms with Gasteiger partial charge in [-0.05, 0) is 37.7 Å². The highest BCUT2D eigenvalue weighted by molar-refractivity contribution is 5.14. The van der Waals surface area contributed by atoms with Gasteiger partial charge in [0.1, 0.15) is 0 Å². The van der Waals surface area contributed by atoms with E-state index in [1.807, 2.05) is 0 Å². The highest BCUT2D eigenvalue weighted by Crippen LogP contribution is 2.47. The van der Waals surface area contributed by atoms with Crippen LogP contribution in [-0.4, -0.2) is 18.8 Å². The Balaban J connectivity index is 1.72. The van der Waals surface area contributed by atoms with Crippen LogP contribution in [0.4, 0.5) is 0 Å². The number of hydrogen-bond acceptors (Lipinski definition) is 2. The van der Waals surface area contributed by atoms with Crippen molar-refractivity contribution in [2.45, 2.75) is 58.1 Å². The van der Waals surface area contributed by atoms with Crippen LogP contribution >= 0.6 is 0 Å². The minimum absolute atomic E-state index is 0.243. The average molecular weight is 261 g/mol. The average Bonchev–Trinajstić information content (AvgIpc) is 2.45. The van der Waals surface area contributed by atoms with E-state index in [0.29, 0.717) is 12.1 Å². The van der Waals surface area contributed by atoms with Crippen molar-refractivity contribution < 1.29 is 4.74 Å². The van der Waals surface area contributed by atoms with Crippen molar-refractivity contribution in [2.75, 3.05) is 6.61 Å². The van der Waals surface area contributed by atoms with E-state index < -0.39 is 0 Å². The Morgan fingerprint density at radius 3 is 2.47 bits per heavy atom. The summed E-state index contributed by atoms with van der Waals surface area (Å²) >= 11 is 0. The van der Waals surface area contributed by atoms with Crippen LogP contribution < -0.4 is 5.73 Å². The molecule has 0 saturated heterocycles. The molecule has 2 atom stereocenters. The van der Waals surface area contributed by atoms with Gasteiger partial charge in [0.05, 0.1) is 6.10 Å². The van der Waals surface area contributed by atoms with Gasteiger partial charge in [-0.15, -0.1) is 0 Å². The first-order valence-electron chi connectivity index (χ1n) is 7.64. The molecule has 106 valence electrons. The third-order valence-electron chi connectivity index (χ3n) is 4.94. The maximum absolute atomic E-state index is 6.18. The van der Waals surface area contributed by atoms with E-state index in [0.717, 1.165) is 38.7 Å². The second-order valence-electron chi connectivity index (χ2n) is 5.73. The Labute approximate surface area is 117 Å². The van der Waals surface area contributed by atoms with Gasteiger partial charge >= 0.3 is 0 Å². The molecule has 0 heterocycles. The van der Waals surface area contributed by atoms with E-state index in [1.54, 1.807) is 0 Å². The van der Waals surface area contributed by atoms with Crippen LogP contribution in [0.15, 0.2) is 30.3 Å². The normalized spacial score (nSPS) is 25.0. The minimum Gasteiger partial charge on any atom is -0.378 e. The molecule has 2 N–H and O–H groups in total. The molecule has 1 saturated carbocycles. The highest BCUT2D eigenvalue weighted by Gasteiger charge is 2.51. The zero-order chi connectivity index (χ0) is 13.7. The monoisotopic (exact) mass is 261 g/mol. The Kier molecular flexibility index (Phi) is 5.00. The van der Waals surface area contributed by atoms with Gasteiger partial charge in [0.15, 0.2) is 0 Å². The number of aryl methyl sites for hydroxylation is 1. The van der Waals surface area contributed by atoms with Gasteiger partial charge in [0.25, 0.3) is 0 Å². The van der Waals surface area contributed by atoms with E-state index in [1.165, 1.54) is 5.56 Å². The Bertz CT molecular complexity index is 372. The molecule has 2 unspecified atom stereocenters. The van der Waals surface area contributed by atoms with Gasteiger partial charge in [-0.1, -0.05) is 44.2 Å². The van der Waals surface area contributed by atoms with Crippen LogP contribution in [0, 0.1) is 5.41 Å². The van der Waals surface area contributed by atoms with Crippen molar-refractivity contribution in [2.24, 2.45) is 11.1 Å². The summed E-state index contributed by atoms with van der Waals surface area (Å²) in [6.07, 6.45) is 5.88. The summed E-state index contributed by atoms with van der Waals surface area (Å²) in [6, 6.07) is 11.0. The van der Waals surface area contributed by atoms with Gasteiger partial charge in [-0.2, -0.15) is 0 Å². The molecule has 0 aliphatic heterocycles. The zero-order valence-electron chi connectivity index (χ0n) is 12.3. The third kappa shape index (κ3) is 3.01. The fourth-order valence-electron chi connectivity index (χ4n) is 3.39. The molecule has 1 aliphatic rings. The first-order valence-corrected chi connectivity index (χ1v) is 7.64. The Hall–Kier alpha value is -0.860. The first kappa shape index (κ1) is 14.5. The number of nitrogens with two attached hydrogens (primary N) is 1. The van der Waals surface area contributed by atoms with Crippen molar-refractivity contribution in [3.05, 3.63) is 35.9 Å². The van der Waals surface area contributed by atoms with Crippen LogP contribution in [0.3, 0.4) is 0 Å². The van der Waals surface area contributed by atoms with Crippen molar-refractivity contribution >= 4 is 0 Å². The maximum Gasteiger partial charge on any atom is 0.0660 e. The van der Waals surface area contributed by atoms with Crippen LogP contribution in [0.25, 0.3) is 0 Å². The Morgan fingerprint density at radius 1 is 1.21 bits per heavy atom. The van der Waals surface area contributed by atoms with E-state index in [-0.39, 0.29) is 5.41 Å². The number of hydrogen-bond donors (Lipinski definition) is 1. The fourth-order valence-corrected chi connectivity index (χ4v) is 3.39. The van der Waals surface area contributed by atoms with Gasteiger partial charge in [-0.25, -0.2) is 0 Å². The molecule has 1 aromatic carbocycles. The first-order chi connectivity index (χ1) is 9.23. The summed E-state index contributed by atoms with van der Waals surface area (Å²) < 4.78 is 6.09. The molecular weight excluding hydrogens is 234 g/mol. The second kappa shape index (κ2) is 6.53. The lowest BCUT2D eigenvalue weighted by molar-refractivity contribution is -0.131. The lowest BCUT2D eigenvalue weighted by Gasteiger charge is -2.53. The number of benzene rings is 1. The van der Waals surface area contributed by atoms with Crippen molar-refractivity contribution in [3.8, 4) is 0 Å². The molecule has 0 amide bonds. The van der Waals surface area contributed by atoms with E-state index in [2.05, 4.69) is 44.2 Å². The number of ether oxygens (including phenoxy) is 1. The van der Waals surface area contributed by atoms with Crippen molar-refractivity contribution in [3.63, 3.8) is 0 Å². The van der Waals surface area contributed by atoms with Crippen LogP contribution in [-0.2, 0) is 11.2 Å². The standard InChI is InChI=1S/C17H27NO/c1-3-17(4-2)15(18)13-16(17)19-12-8-11-14-9-6-5-7-10-14/h5-7,9-10,15-16H,3-4,8,11-13,18H2,1-2H3. The summed E-state index contributed by atoms with van der Waals surface area (Å²) in [5.74, 6) is 0. The Morgan fingerprint density at radius 2 is 1.89 bits per heavy atom. The highest BCUT2D eigenvalue weighted by atomic mass is 16.5. The minimum atomic E-state index is 0.243. The molecular formula is C17H27NO. The fraction of sp³-hybridized carbons (Fsp3) is 0.647. The predicted octanol–water partition coefficient (Wildman–Crippen LogP) is 3.54. The number of rotatable bonds is 7. The summed E-state index contributed by atoms with van der Waals surface area (Å²) in [6.45, 7) is 5.33. The van der Waals surface area contributed by atoms with E-state index in [9.17, 15) is 0 Å². The molecule has 2 heteroatoms. The lowest BCUT2D eigenvalue weighted by atomic mass is 9.59. The molecule has 19 heavy (non-hydrogen) atoms. The van der Waals surface area contributed by atoms with Crippen LogP contribution in [0.2, 0.25) is 0 Å². The molecule has 0 radical (unpaired) electrons. The summed E-state index contributed by atoms with van der Waals surface area (Å²) in [5, 5.41) is 0. The lowest BCUT2D eigenvalue weighted by Crippen LogP contribution is -2.61. The van der Waals surface area contributed by atoms with E-state index in [4.69, 9.17) is 10.5 Å². The predicted molar refractivity (Wildman–Crippen MR) is 80.1 cm³/mol. The topological polar surface area (TPSA) is 35.2 Å². The van der Waals surface area contributed by atoms with Gasteiger partial charge < -0.3 is 10.5 Å². The van der Waals surface area contributed by atoms with Gasteiger partial charge in [0, 0.05) is 18.1 Å². The molecule has 0 spiro atoms. The maximum atomic E-state index is 6.18. The smallest absolute Gasteiger partial charge is 0.0660 e. The molecule has 0 aromatic heterocycles. The molecule has 1 aromatic rings. The summed E-state index contributed by atoms with van der Waals surface area (Å²) in [7, 11) is 0. The van der Waals surface area contributed by atoms with Gasteiger partial charge in [0.2, 0.25) is 0 Å². The largest absolute Gasteiger partial charge is 0.378 e. The van der Waals surface area contributed by atoms with Gasteiger partial charge in [-0.3, -0.25) is 0 Å².